The molecular weight excluding hydrogens is 428 g/mol. The molecule has 0 unspecified atom stereocenters. The number of likely N-dealkylation sites (N-methyl/N-ethyl adjacent to an activating group) is 1. The summed E-state index contributed by atoms with van der Waals surface area (Å²) in [6, 6.07) is -0.0965. The van der Waals surface area contributed by atoms with Crippen LogP contribution >= 0.6 is 0 Å². The van der Waals surface area contributed by atoms with Crippen LogP contribution in [0, 0.1) is 0 Å². The standard InChI is InChI=1S/C28H44N2O4/c1-21-13-9-6-5-7-12-18-30-26(32)15-11-8-10-14-24(17-16-22(2)19-21)34-27-20-25(31)28(29-4)23(3)33-27/h6,8-11,13,15-16,23-25,27-29,31H,5,7,12,14,17-20H2,1-4H3,(H,30,32)/b9-6+,10-8+,15-11+,21-13+,22-16+/t23-,24-,25+,27+,28-/m1/s1. The van der Waals surface area contributed by atoms with Crippen molar-refractivity contribution in [1.82, 2.24) is 10.6 Å². The lowest BCUT2D eigenvalue weighted by molar-refractivity contribution is -0.236. The van der Waals surface area contributed by atoms with Gasteiger partial charge in [0.2, 0.25) is 5.91 Å². The fourth-order valence-electron chi connectivity index (χ4n) is 4.31. The number of allylic oxidation sites excluding steroid dienone is 7. The van der Waals surface area contributed by atoms with Gasteiger partial charge in [0.05, 0.1) is 24.4 Å². The Balaban J connectivity index is 2.08. The maximum Gasteiger partial charge on any atom is 0.243 e. The van der Waals surface area contributed by atoms with Crippen LogP contribution in [0.1, 0.15) is 65.7 Å². The van der Waals surface area contributed by atoms with Gasteiger partial charge in [0.25, 0.3) is 0 Å². The molecule has 0 bridgehead atoms. The zero-order valence-electron chi connectivity index (χ0n) is 21.3. The van der Waals surface area contributed by atoms with E-state index in [1.54, 1.807) is 12.2 Å². The monoisotopic (exact) mass is 472 g/mol. The zero-order chi connectivity index (χ0) is 24.8. The van der Waals surface area contributed by atoms with Crippen molar-refractivity contribution in [3.05, 3.63) is 59.8 Å². The van der Waals surface area contributed by atoms with Crippen molar-refractivity contribution in [2.75, 3.05) is 13.6 Å². The van der Waals surface area contributed by atoms with Gasteiger partial charge < -0.3 is 25.2 Å². The summed E-state index contributed by atoms with van der Waals surface area (Å²) in [6.07, 6.45) is 20.6. The molecule has 190 valence electrons. The summed E-state index contributed by atoms with van der Waals surface area (Å²) in [6.45, 7) is 6.96. The van der Waals surface area contributed by atoms with Crippen molar-refractivity contribution in [2.24, 2.45) is 0 Å². The molecule has 0 aliphatic carbocycles. The molecule has 2 aliphatic rings. The van der Waals surface area contributed by atoms with Crippen LogP contribution < -0.4 is 10.6 Å². The fourth-order valence-corrected chi connectivity index (χ4v) is 4.31. The summed E-state index contributed by atoms with van der Waals surface area (Å²) in [5, 5.41) is 16.5. The first kappa shape index (κ1) is 28.2. The molecule has 1 saturated heterocycles. The van der Waals surface area contributed by atoms with Gasteiger partial charge in [0.1, 0.15) is 0 Å². The molecule has 2 heterocycles. The number of aliphatic hydroxyl groups excluding tert-OH is 1. The number of aliphatic hydroxyl groups is 1. The molecule has 1 fully saturated rings. The van der Waals surface area contributed by atoms with E-state index in [1.165, 1.54) is 11.1 Å². The van der Waals surface area contributed by atoms with Crippen molar-refractivity contribution < 1.29 is 19.4 Å². The minimum atomic E-state index is -0.513. The minimum absolute atomic E-state index is 0.0721. The third-order valence-electron chi connectivity index (χ3n) is 6.19. The number of amides is 1. The van der Waals surface area contributed by atoms with Gasteiger partial charge in [-0.1, -0.05) is 53.7 Å². The smallest absolute Gasteiger partial charge is 0.243 e. The lowest BCUT2D eigenvalue weighted by atomic mass is 9.99. The zero-order valence-corrected chi connectivity index (χ0v) is 21.3. The second kappa shape index (κ2) is 15.8. The molecule has 6 nitrogen and oxygen atoms in total. The van der Waals surface area contributed by atoms with Gasteiger partial charge in [-0.3, -0.25) is 4.79 Å². The molecule has 6 heteroatoms. The molecule has 3 N–H and O–H groups in total. The SMILES string of the molecule is CN[C@H]1[C@@H](O)C[C@H](O[C@@H]2C/C=C/C=C/C(=O)NCCCC/C=C/C=C(\C)C/C(C)=C/C2)O[C@@H]1C. The van der Waals surface area contributed by atoms with Gasteiger partial charge in [-0.15, -0.1) is 0 Å². The van der Waals surface area contributed by atoms with Crippen molar-refractivity contribution in [3.63, 3.8) is 0 Å². The van der Waals surface area contributed by atoms with Crippen LogP contribution in [0.2, 0.25) is 0 Å². The summed E-state index contributed by atoms with van der Waals surface area (Å²) in [4.78, 5) is 11.9. The van der Waals surface area contributed by atoms with E-state index in [0.717, 1.165) is 32.1 Å². The summed E-state index contributed by atoms with van der Waals surface area (Å²) in [5.41, 5.74) is 2.62. The first-order valence-electron chi connectivity index (χ1n) is 12.6. The first-order chi connectivity index (χ1) is 16.4. The van der Waals surface area contributed by atoms with E-state index < -0.39 is 12.4 Å². The van der Waals surface area contributed by atoms with E-state index in [4.69, 9.17) is 9.47 Å². The fraction of sp³-hybridized carbons (Fsp3) is 0.607. The summed E-state index contributed by atoms with van der Waals surface area (Å²) in [5.74, 6) is -0.0721. The normalized spacial score (nSPS) is 36.7. The Morgan fingerprint density at radius 3 is 2.71 bits per heavy atom. The van der Waals surface area contributed by atoms with E-state index >= 15 is 0 Å². The largest absolute Gasteiger partial charge is 0.391 e. The summed E-state index contributed by atoms with van der Waals surface area (Å²) < 4.78 is 12.3. The van der Waals surface area contributed by atoms with E-state index in [0.29, 0.717) is 19.4 Å². The number of hydrogen-bond acceptors (Lipinski definition) is 5. The van der Waals surface area contributed by atoms with Gasteiger partial charge in [-0.05, 0) is 66.3 Å². The van der Waals surface area contributed by atoms with Crippen molar-refractivity contribution in [1.29, 1.82) is 0 Å². The highest BCUT2D eigenvalue weighted by molar-refractivity contribution is 5.87. The Morgan fingerprint density at radius 2 is 1.94 bits per heavy atom. The van der Waals surface area contributed by atoms with Crippen LogP contribution in [-0.2, 0) is 14.3 Å². The minimum Gasteiger partial charge on any atom is -0.391 e. The van der Waals surface area contributed by atoms with E-state index in [-0.39, 0.29) is 24.2 Å². The van der Waals surface area contributed by atoms with Gasteiger partial charge >= 0.3 is 0 Å². The third-order valence-corrected chi connectivity index (χ3v) is 6.19. The first-order valence-corrected chi connectivity index (χ1v) is 12.6. The quantitative estimate of drug-likeness (QED) is 0.528. The van der Waals surface area contributed by atoms with Crippen molar-refractivity contribution >= 4 is 5.91 Å². The number of nitrogens with one attached hydrogen (secondary N) is 2. The van der Waals surface area contributed by atoms with Gasteiger partial charge in [-0.25, -0.2) is 0 Å². The molecule has 0 spiro atoms. The molecule has 0 aromatic rings. The number of carbonyl (C=O) groups is 1. The van der Waals surface area contributed by atoms with Crippen molar-refractivity contribution in [2.45, 2.75) is 96.4 Å². The highest BCUT2D eigenvalue weighted by atomic mass is 16.7. The molecule has 34 heavy (non-hydrogen) atoms. The Bertz CT molecular complexity index is 756. The second-order valence-corrected chi connectivity index (χ2v) is 9.36. The van der Waals surface area contributed by atoms with Crippen LogP contribution in [0.3, 0.4) is 0 Å². The predicted octanol–water partition coefficient (Wildman–Crippen LogP) is 4.49. The Hall–Kier alpha value is -1.99. The van der Waals surface area contributed by atoms with Crippen LogP contribution in [0.15, 0.2) is 59.8 Å². The predicted molar refractivity (Wildman–Crippen MR) is 138 cm³/mol. The van der Waals surface area contributed by atoms with Crippen LogP contribution in [-0.4, -0.2) is 55.2 Å². The van der Waals surface area contributed by atoms with Crippen molar-refractivity contribution in [3.8, 4) is 0 Å². The number of carbonyl (C=O) groups excluding carboxylic acids is 1. The maximum atomic E-state index is 11.9. The third kappa shape index (κ3) is 11.0. The molecule has 0 aromatic heterocycles. The van der Waals surface area contributed by atoms with Crippen LogP contribution in [0.5, 0.6) is 0 Å². The Morgan fingerprint density at radius 1 is 1.12 bits per heavy atom. The molecule has 1 amide bonds. The molecule has 0 saturated carbocycles. The average molecular weight is 473 g/mol. The summed E-state index contributed by atoms with van der Waals surface area (Å²) >= 11 is 0. The molecule has 0 radical (unpaired) electrons. The molecule has 0 aromatic carbocycles. The Kier molecular flexibility index (Phi) is 13.1. The van der Waals surface area contributed by atoms with Gasteiger partial charge in [0.15, 0.2) is 6.29 Å². The van der Waals surface area contributed by atoms with Crippen LogP contribution in [0.25, 0.3) is 0 Å². The highest BCUT2D eigenvalue weighted by Crippen LogP contribution is 2.24. The summed E-state index contributed by atoms with van der Waals surface area (Å²) in [7, 11) is 1.84. The topological polar surface area (TPSA) is 79.8 Å². The number of rotatable bonds is 3. The lowest BCUT2D eigenvalue weighted by Gasteiger charge is -2.39. The second-order valence-electron chi connectivity index (χ2n) is 9.36. The Labute approximate surface area is 205 Å². The maximum absolute atomic E-state index is 11.9. The van der Waals surface area contributed by atoms with E-state index in [1.807, 2.05) is 26.1 Å². The van der Waals surface area contributed by atoms with Crippen LogP contribution in [0.4, 0.5) is 0 Å². The van der Waals surface area contributed by atoms with E-state index in [9.17, 15) is 9.90 Å². The van der Waals surface area contributed by atoms with E-state index in [2.05, 4.69) is 48.8 Å². The molecular formula is C28H44N2O4. The lowest BCUT2D eigenvalue weighted by Crippen LogP contribution is -2.54. The number of ether oxygens (including phenoxy) is 2. The highest BCUT2D eigenvalue weighted by Gasteiger charge is 2.35. The van der Waals surface area contributed by atoms with Gasteiger partial charge in [-0.2, -0.15) is 0 Å². The molecule has 2 aliphatic heterocycles. The van der Waals surface area contributed by atoms with Gasteiger partial charge in [0, 0.05) is 19.0 Å². The number of hydrogen-bond donors (Lipinski definition) is 3. The molecule has 5 atom stereocenters. The average Bonchev–Trinajstić information content (AvgIpc) is 2.78. The molecule has 2 rings (SSSR count).